The number of nitrogens with zero attached hydrogens (tertiary/aromatic N) is 5. The van der Waals surface area contributed by atoms with Gasteiger partial charge < -0.3 is 15.4 Å². The molecule has 2 N–H and O–H groups in total. The second kappa shape index (κ2) is 9.82. The van der Waals surface area contributed by atoms with Crippen LogP contribution in [0.25, 0.3) is 11.4 Å². The third-order valence-corrected chi connectivity index (χ3v) is 8.88. The molecule has 2 saturated carbocycles. The molecule has 1 saturated heterocycles. The topological polar surface area (TPSA) is 141 Å². The van der Waals surface area contributed by atoms with Crippen LogP contribution in [0.4, 0.5) is 17.3 Å². The first-order valence-corrected chi connectivity index (χ1v) is 14.3. The fourth-order valence-corrected chi connectivity index (χ4v) is 5.88. The molecule has 194 valence electrons. The minimum Gasteiger partial charge on any atom is -0.382 e. The molecular formula is C25H29N7O4S. The number of hydrogen-bond acceptors (Lipinski definition) is 10. The van der Waals surface area contributed by atoms with Gasteiger partial charge in [-0.05, 0) is 51.0 Å². The maximum atomic E-state index is 12.9. The minimum atomic E-state index is -3.46. The fraction of sp³-hybridized carbons (Fsp3) is 0.480. The highest BCUT2D eigenvalue weighted by Crippen LogP contribution is 2.35. The van der Waals surface area contributed by atoms with E-state index in [2.05, 4.69) is 30.7 Å². The Bertz CT molecular complexity index is 1410. The van der Waals surface area contributed by atoms with Gasteiger partial charge in [-0.1, -0.05) is 0 Å². The maximum Gasteiger partial charge on any atom is 0.256 e. The SMILES string of the molecule is O=C(c1cnc(Nc2ccnc(-c3cnn(S(=O)(=O)C4CC4)c3)n2)cc1NCC1CCCCO1)C1CC1. The van der Waals surface area contributed by atoms with Gasteiger partial charge in [-0.25, -0.2) is 23.4 Å². The standard InChI is InChI=1S/C25H29N7O4S/c33-24(16-4-5-16)20-14-28-23(11-21(20)27-13-18-3-1-2-10-36-18)30-22-8-9-26-25(31-22)17-12-29-32(15-17)37(34,35)19-6-7-19/h8-9,11-12,14-16,18-19H,1-7,10,13H2,(H2,26,27,28,30,31). The van der Waals surface area contributed by atoms with Gasteiger partial charge in [0.1, 0.15) is 11.6 Å². The first-order valence-electron chi connectivity index (χ1n) is 12.8. The summed E-state index contributed by atoms with van der Waals surface area (Å²) in [6.45, 7) is 1.39. The molecule has 1 atom stereocenters. The zero-order valence-electron chi connectivity index (χ0n) is 20.3. The molecule has 2 aliphatic carbocycles. The molecule has 3 aliphatic rings. The fourth-order valence-electron chi connectivity index (χ4n) is 4.40. The van der Waals surface area contributed by atoms with E-state index in [4.69, 9.17) is 4.74 Å². The van der Waals surface area contributed by atoms with Gasteiger partial charge in [-0.3, -0.25) is 4.79 Å². The lowest BCUT2D eigenvalue weighted by atomic mass is 10.1. The maximum absolute atomic E-state index is 12.9. The van der Waals surface area contributed by atoms with Crippen molar-refractivity contribution in [3.05, 3.63) is 42.5 Å². The van der Waals surface area contributed by atoms with E-state index in [9.17, 15) is 13.2 Å². The number of anilines is 3. The molecule has 0 radical (unpaired) electrons. The zero-order valence-corrected chi connectivity index (χ0v) is 21.2. The van der Waals surface area contributed by atoms with Gasteiger partial charge in [0.25, 0.3) is 10.0 Å². The van der Waals surface area contributed by atoms with Crippen molar-refractivity contribution in [2.24, 2.45) is 5.92 Å². The van der Waals surface area contributed by atoms with E-state index >= 15 is 0 Å². The third kappa shape index (κ3) is 5.35. The first-order chi connectivity index (χ1) is 18.0. The van der Waals surface area contributed by atoms with Gasteiger partial charge in [-0.15, -0.1) is 0 Å². The van der Waals surface area contributed by atoms with Crippen molar-refractivity contribution in [2.45, 2.75) is 56.3 Å². The summed E-state index contributed by atoms with van der Waals surface area (Å²) in [6, 6.07) is 3.52. The lowest BCUT2D eigenvalue weighted by molar-refractivity contribution is 0.0247. The summed E-state index contributed by atoms with van der Waals surface area (Å²) in [5.74, 6) is 1.56. The Morgan fingerprint density at radius 1 is 1.08 bits per heavy atom. The van der Waals surface area contributed by atoms with Crippen LogP contribution in [0, 0.1) is 5.92 Å². The molecular weight excluding hydrogens is 494 g/mol. The number of hydrogen-bond donors (Lipinski definition) is 2. The van der Waals surface area contributed by atoms with E-state index < -0.39 is 10.0 Å². The molecule has 3 aromatic heterocycles. The molecule has 1 unspecified atom stereocenters. The minimum absolute atomic E-state index is 0.0844. The van der Waals surface area contributed by atoms with Crippen LogP contribution in [-0.4, -0.2) is 62.8 Å². The van der Waals surface area contributed by atoms with Crippen molar-refractivity contribution in [3.8, 4) is 11.4 Å². The number of pyridine rings is 1. The zero-order chi connectivity index (χ0) is 25.4. The van der Waals surface area contributed by atoms with Crippen LogP contribution in [0.15, 0.2) is 36.9 Å². The predicted octanol–water partition coefficient (Wildman–Crippen LogP) is 3.39. The van der Waals surface area contributed by atoms with Gasteiger partial charge in [0.2, 0.25) is 0 Å². The Hall–Kier alpha value is -3.38. The molecule has 6 rings (SSSR count). The van der Waals surface area contributed by atoms with Crippen molar-refractivity contribution < 1.29 is 17.9 Å². The van der Waals surface area contributed by atoms with Crippen LogP contribution in [0.2, 0.25) is 0 Å². The molecule has 0 spiro atoms. The molecule has 12 heteroatoms. The van der Waals surface area contributed by atoms with E-state index in [1.807, 2.05) is 6.07 Å². The molecule has 0 amide bonds. The lowest BCUT2D eigenvalue weighted by Crippen LogP contribution is -2.27. The van der Waals surface area contributed by atoms with E-state index in [0.29, 0.717) is 48.0 Å². The molecule has 1 aliphatic heterocycles. The number of ketones is 1. The van der Waals surface area contributed by atoms with Crippen molar-refractivity contribution in [3.63, 3.8) is 0 Å². The number of ether oxygens (including phenoxy) is 1. The Morgan fingerprint density at radius 3 is 2.70 bits per heavy atom. The number of aromatic nitrogens is 5. The van der Waals surface area contributed by atoms with E-state index in [1.54, 1.807) is 18.5 Å². The summed E-state index contributed by atoms with van der Waals surface area (Å²) in [5.41, 5.74) is 1.82. The van der Waals surface area contributed by atoms with Crippen LogP contribution in [0.5, 0.6) is 0 Å². The second-order valence-corrected chi connectivity index (χ2v) is 11.9. The average molecular weight is 524 g/mol. The van der Waals surface area contributed by atoms with Crippen LogP contribution in [0.1, 0.15) is 55.3 Å². The number of nitrogens with one attached hydrogen (secondary N) is 2. The molecule has 3 aromatic rings. The van der Waals surface area contributed by atoms with Gasteiger partial charge in [0, 0.05) is 37.5 Å². The van der Waals surface area contributed by atoms with Crippen LogP contribution >= 0.6 is 0 Å². The smallest absolute Gasteiger partial charge is 0.256 e. The number of Topliss-reactive ketones (excluding diaryl/α,β-unsaturated/α-hetero) is 1. The molecule has 0 bridgehead atoms. The number of rotatable bonds is 10. The van der Waals surface area contributed by atoms with E-state index in [0.717, 1.165) is 48.5 Å². The van der Waals surface area contributed by atoms with Gasteiger partial charge >= 0.3 is 0 Å². The van der Waals surface area contributed by atoms with Crippen molar-refractivity contribution >= 4 is 33.1 Å². The summed E-state index contributed by atoms with van der Waals surface area (Å²) in [5, 5.41) is 10.3. The molecule has 3 fully saturated rings. The second-order valence-electron chi connectivity index (χ2n) is 9.86. The van der Waals surface area contributed by atoms with E-state index in [1.165, 1.54) is 12.4 Å². The monoisotopic (exact) mass is 523 g/mol. The molecule has 0 aromatic carbocycles. The normalized spacial score (nSPS) is 19.9. The Balaban J connectivity index is 1.21. The van der Waals surface area contributed by atoms with Gasteiger partial charge in [0.15, 0.2) is 11.6 Å². The third-order valence-electron chi connectivity index (χ3n) is 6.85. The summed E-state index contributed by atoms with van der Waals surface area (Å²) in [4.78, 5) is 26.1. The highest BCUT2D eigenvalue weighted by atomic mass is 32.2. The van der Waals surface area contributed by atoms with Gasteiger partial charge in [-0.2, -0.15) is 9.19 Å². The molecule has 4 heterocycles. The lowest BCUT2D eigenvalue weighted by Gasteiger charge is -2.24. The van der Waals surface area contributed by atoms with Crippen molar-refractivity contribution in [1.29, 1.82) is 0 Å². The summed E-state index contributed by atoms with van der Waals surface area (Å²) < 4.78 is 31.8. The van der Waals surface area contributed by atoms with Crippen LogP contribution in [-0.2, 0) is 14.8 Å². The Kier molecular flexibility index (Phi) is 6.37. The number of carbonyl (C=O) groups excluding carboxylic acids is 1. The average Bonchev–Trinajstić information content (AvgIpc) is 3.85. The summed E-state index contributed by atoms with van der Waals surface area (Å²) >= 11 is 0. The van der Waals surface area contributed by atoms with Crippen LogP contribution < -0.4 is 10.6 Å². The summed E-state index contributed by atoms with van der Waals surface area (Å²) in [6.07, 6.45) is 12.6. The van der Waals surface area contributed by atoms with E-state index in [-0.39, 0.29) is 23.1 Å². The quantitative estimate of drug-likeness (QED) is 0.380. The Morgan fingerprint density at radius 2 is 1.95 bits per heavy atom. The predicted molar refractivity (Wildman–Crippen MR) is 137 cm³/mol. The van der Waals surface area contributed by atoms with Crippen molar-refractivity contribution in [2.75, 3.05) is 23.8 Å². The van der Waals surface area contributed by atoms with Crippen LogP contribution in [0.3, 0.4) is 0 Å². The Labute approximate surface area is 215 Å². The van der Waals surface area contributed by atoms with Gasteiger partial charge in [0.05, 0.1) is 40.6 Å². The van der Waals surface area contributed by atoms with Crippen molar-refractivity contribution in [1.82, 2.24) is 24.1 Å². The molecule has 37 heavy (non-hydrogen) atoms. The first kappa shape index (κ1) is 24.0. The highest BCUT2D eigenvalue weighted by Gasteiger charge is 2.37. The molecule has 11 nitrogen and oxygen atoms in total. The summed E-state index contributed by atoms with van der Waals surface area (Å²) in [7, 11) is -3.46. The number of carbonyl (C=O) groups is 1. The highest BCUT2D eigenvalue weighted by molar-refractivity contribution is 7.90. The largest absolute Gasteiger partial charge is 0.382 e.